The summed E-state index contributed by atoms with van der Waals surface area (Å²) in [5, 5.41) is 0. The number of hydrogen-bond acceptors (Lipinski definition) is 4. The van der Waals surface area contributed by atoms with E-state index in [0.717, 1.165) is 4.88 Å². The molecule has 1 N–H and O–H groups in total. The molecule has 3 aromatic rings. The third-order valence-electron chi connectivity index (χ3n) is 3.57. The maximum atomic E-state index is 13.2. The van der Waals surface area contributed by atoms with Crippen LogP contribution in [0.4, 0.5) is 4.39 Å². The molecule has 24 heavy (non-hydrogen) atoms. The van der Waals surface area contributed by atoms with Gasteiger partial charge < -0.3 is 4.57 Å². The lowest BCUT2D eigenvalue weighted by molar-refractivity contribution is 0.564. The van der Waals surface area contributed by atoms with Crippen LogP contribution in [0.3, 0.4) is 0 Å². The molecule has 8 heteroatoms. The Morgan fingerprint density at radius 2 is 1.92 bits per heavy atom. The third kappa shape index (κ3) is 3.40. The molecule has 2 heterocycles. The van der Waals surface area contributed by atoms with Gasteiger partial charge in [-0.15, -0.1) is 11.3 Å². The summed E-state index contributed by atoms with van der Waals surface area (Å²) < 4.78 is 43.2. The van der Waals surface area contributed by atoms with E-state index in [1.54, 1.807) is 48.3 Å². The smallest absolute Gasteiger partial charge is 0.251 e. The molecule has 0 saturated heterocycles. The second-order valence-corrected chi connectivity index (χ2v) is 8.60. The van der Waals surface area contributed by atoms with Gasteiger partial charge >= 0.3 is 0 Å². The van der Waals surface area contributed by atoms with Gasteiger partial charge in [0.25, 0.3) is 10.0 Å². The molecule has 0 saturated carbocycles. The van der Waals surface area contributed by atoms with E-state index < -0.39 is 16.1 Å². The second kappa shape index (κ2) is 6.46. The quantitative estimate of drug-likeness (QED) is 0.756. The Morgan fingerprint density at radius 3 is 2.46 bits per heavy atom. The molecule has 3 rings (SSSR count). The van der Waals surface area contributed by atoms with Gasteiger partial charge in [0.2, 0.25) is 0 Å². The molecule has 2 aromatic heterocycles. The zero-order valence-electron chi connectivity index (χ0n) is 13.1. The minimum atomic E-state index is -3.72. The van der Waals surface area contributed by atoms with Gasteiger partial charge in [-0.05, 0) is 36.8 Å². The first-order valence-corrected chi connectivity index (χ1v) is 9.48. The van der Waals surface area contributed by atoms with Crippen LogP contribution in [0.25, 0.3) is 0 Å². The molecule has 0 amide bonds. The molecule has 0 spiro atoms. The highest BCUT2D eigenvalue weighted by Crippen LogP contribution is 2.26. The van der Waals surface area contributed by atoms with Gasteiger partial charge in [-0.1, -0.05) is 12.1 Å². The number of aryl methyl sites for hydroxylation is 2. The number of sulfonamides is 1. The monoisotopic (exact) mass is 365 g/mol. The zero-order chi connectivity index (χ0) is 17.3. The zero-order valence-corrected chi connectivity index (χ0v) is 14.7. The highest BCUT2D eigenvalue weighted by atomic mass is 32.2. The number of imidazole rings is 1. The van der Waals surface area contributed by atoms with Gasteiger partial charge in [-0.2, -0.15) is 4.72 Å². The van der Waals surface area contributed by atoms with Gasteiger partial charge in [-0.3, -0.25) is 0 Å². The molecular weight excluding hydrogens is 349 g/mol. The number of rotatable bonds is 5. The van der Waals surface area contributed by atoms with Gasteiger partial charge in [0.1, 0.15) is 21.9 Å². The number of thiophene rings is 1. The van der Waals surface area contributed by atoms with Crippen LogP contribution in [-0.4, -0.2) is 18.0 Å². The number of benzene rings is 1. The first kappa shape index (κ1) is 16.8. The average molecular weight is 365 g/mol. The summed E-state index contributed by atoms with van der Waals surface area (Å²) in [5.74, 6) is 0.146. The fourth-order valence-electron chi connectivity index (χ4n) is 2.35. The number of halogens is 1. The van der Waals surface area contributed by atoms with E-state index >= 15 is 0 Å². The van der Waals surface area contributed by atoms with E-state index in [0.29, 0.717) is 11.4 Å². The van der Waals surface area contributed by atoms with E-state index in [2.05, 4.69) is 9.71 Å². The fraction of sp³-hybridized carbons (Fsp3) is 0.188. The van der Waals surface area contributed by atoms with Crippen molar-refractivity contribution in [2.45, 2.75) is 17.2 Å². The van der Waals surface area contributed by atoms with Crippen molar-refractivity contribution in [2.75, 3.05) is 0 Å². The van der Waals surface area contributed by atoms with Crippen molar-refractivity contribution in [1.82, 2.24) is 14.3 Å². The van der Waals surface area contributed by atoms with E-state index in [1.807, 2.05) is 6.92 Å². The minimum Gasteiger partial charge on any atom is -0.336 e. The third-order valence-corrected chi connectivity index (χ3v) is 6.49. The van der Waals surface area contributed by atoms with Crippen LogP contribution in [0.2, 0.25) is 0 Å². The van der Waals surface area contributed by atoms with Gasteiger partial charge in [-0.25, -0.2) is 17.8 Å². The Labute approximate surface area is 143 Å². The summed E-state index contributed by atoms with van der Waals surface area (Å²) in [4.78, 5) is 5.15. The van der Waals surface area contributed by atoms with Gasteiger partial charge in [0.05, 0.1) is 0 Å². The lowest BCUT2D eigenvalue weighted by atomic mass is 10.1. The van der Waals surface area contributed by atoms with Crippen molar-refractivity contribution >= 4 is 21.4 Å². The SMILES string of the molecule is Cc1ccc(S(=O)(=O)NC(c2ccc(F)cc2)c2nccn2C)s1. The summed E-state index contributed by atoms with van der Waals surface area (Å²) in [6.07, 6.45) is 3.32. The first-order chi connectivity index (χ1) is 11.4. The predicted octanol–water partition coefficient (Wildman–Crippen LogP) is 3.00. The molecule has 0 fully saturated rings. The molecule has 0 aliphatic rings. The Hall–Kier alpha value is -2.03. The van der Waals surface area contributed by atoms with Crippen molar-refractivity contribution in [3.63, 3.8) is 0 Å². The Kier molecular flexibility index (Phi) is 4.53. The van der Waals surface area contributed by atoms with Crippen LogP contribution in [0.15, 0.2) is 53.0 Å². The molecular formula is C16H16FN3O2S2. The summed E-state index contributed by atoms with van der Waals surface area (Å²) in [6, 6.07) is 8.32. The van der Waals surface area contributed by atoms with Crippen LogP contribution in [0.5, 0.6) is 0 Å². The molecule has 1 unspecified atom stereocenters. The highest BCUT2D eigenvalue weighted by Gasteiger charge is 2.26. The maximum absolute atomic E-state index is 13.2. The van der Waals surface area contributed by atoms with Crippen LogP contribution in [0, 0.1) is 12.7 Å². The minimum absolute atomic E-state index is 0.237. The number of aromatic nitrogens is 2. The van der Waals surface area contributed by atoms with Crippen LogP contribution in [0.1, 0.15) is 22.3 Å². The molecule has 1 aromatic carbocycles. The van der Waals surface area contributed by atoms with Crippen molar-refractivity contribution in [3.05, 3.63) is 70.9 Å². The normalized spacial score (nSPS) is 13.1. The Bertz CT molecular complexity index is 946. The summed E-state index contributed by atoms with van der Waals surface area (Å²) in [7, 11) is -1.94. The number of nitrogens with one attached hydrogen (secondary N) is 1. The topological polar surface area (TPSA) is 64.0 Å². The molecule has 1 atom stereocenters. The van der Waals surface area contributed by atoms with Crippen molar-refractivity contribution in [1.29, 1.82) is 0 Å². The van der Waals surface area contributed by atoms with E-state index in [4.69, 9.17) is 0 Å². The van der Waals surface area contributed by atoms with E-state index in [-0.39, 0.29) is 10.0 Å². The second-order valence-electron chi connectivity index (χ2n) is 5.37. The molecule has 0 aliphatic carbocycles. The fourth-order valence-corrected chi connectivity index (χ4v) is 4.83. The number of hydrogen-bond donors (Lipinski definition) is 1. The summed E-state index contributed by atoms with van der Waals surface area (Å²) in [5.41, 5.74) is 0.613. The first-order valence-electron chi connectivity index (χ1n) is 7.18. The summed E-state index contributed by atoms with van der Waals surface area (Å²) >= 11 is 1.20. The standard InChI is InChI=1S/C16H16FN3O2S2/c1-11-3-8-14(23-11)24(21,22)19-15(16-18-9-10-20(16)2)12-4-6-13(17)7-5-12/h3-10,15,19H,1-2H3. The largest absolute Gasteiger partial charge is 0.336 e. The number of nitrogens with zero attached hydrogens (tertiary/aromatic N) is 2. The van der Waals surface area contributed by atoms with Crippen LogP contribution >= 0.6 is 11.3 Å². The highest BCUT2D eigenvalue weighted by molar-refractivity contribution is 7.91. The van der Waals surface area contributed by atoms with Crippen molar-refractivity contribution in [2.24, 2.45) is 7.05 Å². The molecule has 126 valence electrons. The Balaban J connectivity index is 2.02. The molecule has 5 nitrogen and oxygen atoms in total. The summed E-state index contributed by atoms with van der Waals surface area (Å²) in [6.45, 7) is 1.85. The average Bonchev–Trinajstić information content (AvgIpc) is 3.15. The molecule has 0 radical (unpaired) electrons. The Morgan fingerprint density at radius 1 is 1.21 bits per heavy atom. The molecule has 0 aliphatic heterocycles. The van der Waals surface area contributed by atoms with E-state index in [9.17, 15) is 12.8 Å². The lowest BCUT2D eigenvalue weighted by Gasteiger charge is -2.18. The molecule has 0 bridgehead atoms. The lowest BCUT2D eigenvalue weighted by Crippen LogP contribution is -2.30. The van der Waals surface area contributed by atoms with Crippen molar-refractivity contribution < 1.29 is 12.8 Å². The van der Waals surface area contributed by atoms with Crippen LogP contribution < -0.4 is 4.72 Å². The van der Waals surface area contributed by atoms with E-state index in [1.165, 1.54) is 23.5 Å². The van der Waals surface area contributed by atoms with Gasteiger partial charge in [0.15, 0.2) is 0 Å². The predicted molar refractivity (Wildman–Crippen MR) is 90.8 cm³/mol. The van der Waals surface area contributed by atoms with Crippen LogP contribution in [-0.2, 0) is 17.1 Å². The maximum Gasteiger partial charge on any atom is 0.251 e. The van der Waals surface area contributed by atoms with Crippen molar-refractivity contribution in [3.8, 4) is 0 Å². The van der Waals surface area contributed by atoms with Gasteiger partial charge in [0, 0.05) is 24.3 Å².